The predicted octanol–water partition coefficient (Wildman–Crippen LogP) is 3.66. The molecule has 34 heavy (non-hydrogen) atoms. The zero-order chi connectivity index (χ0) is 25.1. The van der Waals surface area contributed by atoms with Crippen LogP contribution in [0.4, 0.5) is 20.6 Å². The van der Waals surface area contributed by atoms with Gasteiger partial charge in [0, 0.05) is 12.1 Å². The van der Waals surface area contributed by atoms with Crippen LogP contribution >= 0.6 is 0 Å². The third-order valence-electron chi connectivity index (χ3n) is 4.79. The highest BCUT2D eigenvalue weighted by atomic mass is 32.2. The number of anilines is 2. The highest BCUT2D eigenvalue weighted by Crippen LogP contribution is 2.39. The zero-order valence-electron chi connectivity index (χ0n) is 19.4. The lowest BCUT2D eigenvalue weighted by molar-refractivity contribution is -0.121. The second-order valence-electron chi connectivity index (χ2n) is 8.70. The highest BCUT2D eigenvalue weighted by molar-refractivity contribution is 7.92. The van der Waals surface area contributed by atoms with Crippen LogP contribution in [-0.2, 0) is 19.6 Å². The van der Waals surface area contributed by atoms with Crippen molar-refractivity contribution in [2.45, 2.75) is 50.7 Å². The number of benzene rings is 2. The molecule has 2 amide bonds. The average Bonchev–Trinajstić information content (AvgIpc) is 2.75. The van der Waals surface area contributed by atoms with Gasteiger partial charge in [-0.1, -0.05) is 6.92 Å². The first kappa shape index (κ1) is 25.3. The summed E-state index contributed by atoms with van der Waals surface area (Å²) in [6.45, 7) is 6.87. The molecule has 184 valence electrons. The Hall–Kier alpha value is -3.34. The third kappa shape index (κ3) is 6.16. The topological polar surface area (TPSA) is 114 Å². The summed E-state index contributed by atoms with van der Waals surface area (Å²) in [7, 11) is -4.11. The number of fused-ring (bicyclic) bond motifs is 1. The van der Waals surface area contributed by atoms with Crippen molar-refractivity contribution < 1.29 is 31.9 Å². The molecule has 0 spiro atoms. The van der Waals surface area contributed by atoms with Crippen molar-refractivity contribution in [1.82, 2.24) is 5.32 Å². The molecule has 9 nitrogen and oxygen atoms in total. The number of nitrogens with one attached hydrogen (secondary N) is 2. The van der Waals surface area contributed by atoms with Gasteiger partial charge in [-0.2, -0.15) is 0 Å². The van der Waals surface area contributed by atoms with Gasteiger partial charge in [-0.15, -0.1) is 0 Å². The van der Waals surface area contributed by atoms with Gasteiger partial charge in [-0.25, -0.2) is 17.6 Å². The molecule has 1 aliphatic rings. The van der Waals surface area contributed by atoms with E-state index < -0.39 is 33.6 Å². The third-order valence-corrected chi connectivity index (χ3v) is 6.58. The molecular formula is C23H28FN3O6S. The molecule has 0 fully saturated rings. The summed E-state index contributed by atoms with van der Waals surface area (Å²) in [4.78, 5) is 23.8. The lowest BCUT2D eigenvalue weighted by Crippen LogP contribution is -2.48. The Morgan fingerprint density at radius 1 is 1.18 bits per heavy atom. The summed E-state index contributed by atoms with van der Waals surface area (Å²) in [5.41, 5.74) is -0.222. The number of sulfonamides is 1. The van der Waals surface area contributed by atoms with Crippen LogP contribution in [0.2, 0.25) is 0 Å². The number of ether oxygens (including phenoxy) is 2. The molecule has 2 aromatic rings. The lowest BCUT2D eigenvalue weighted by Gasteiger charge is -2.35. The summed E-state index contributed by atoms with van der Waals surface area (Å²) >= 11 is 0. The maximum Gasteiger partial charge on any atom is 0.412 e. The number of hydrogen-bond donors (Lipinski definition) is 2. The molecule has 0 aliphatic carbocycles. The fraction of sp³-hybridized carbons (Fsp3) is 0.391. The van der Waals surface area contributed by atoms with Gasteiger partial charge in [0.05, 0.1) is 23.7 Å². The Labute approximate surface area is 198 Å². The average molecular weight is 494 g/mol. The standard InChI is InChI=1S/C23H28FN3O6S/c1-5-21(28)25-13-17-14-27(34(30,31)18-9-6-15(24)7-10-18)19-12-16(8-11-20(19)32-17)26-22(29)33-23(2,3)4/h6-12,17H,5,13-14H2,1-4H3,(H,25,28)(H,26,29). The molecule has 0 saturated carbocycles. The molecule has 0 aromatic heterocycles. The van der Waals surface area contributed by atoms with Gasteiger partial charge in [0.25, 0.3) is 10.0 Å². The van der Waals surface area contributed by atoms with Crippen LogP contribution in [0, 0.1) is 5.82 Å². The Balaban J connectivity index is 1.96. The van der Waals surface area contributed by atoms with E-state index in [1.54, 1.807) is 33.8 Å². The molecule has 1 atom stereocenters. The Kier molecular flexibility index (Phi) is 7.35. The van der Waals surface area contributed by atoms with Crippen molar-refractivity contribution >= 4 is 33.4 Å². The fourth-order valence-electron chi connectivity index (χ4n) is 3.23. The van der Waals surface area contributed by atoms with Gasteiger partial charge < -0.3 is 14.8 Å². The highest BCUT2D eigenvalue weighted by Gasteiger charge is 2.35. The minimum Gasteiger partial charge on any atom is -0.484 e. The number of halogens is 1. The van der Waals surface area contributed by atoms with E-state index in [2.05, 4.69) is 10.6 Å². The summed E-state index contributed by atoms with van der Waals surface area (Å²) in [6, 6.07) is 9.02. The molecular weight excluding hydrogens is 465 g/mol. The molecule has 1 unspecified atom stereocenters. The minimum atomic E-state index is -4.11. The molecule has 0 radical (unpaired) electrons. The maximum absolute atomic E-state index is 13.5. The van der Waals surface area contributed by atoms with Crippen LogP contribution in [0.25, 0.3) is 0 Å². The van der Waals surface area contributed by atoms with E-state index in [0.717, 1.165) is 16.4 Å². The van der Waals surface area contributed by atoms with Gasteiger partial charge in [0.15, 0.2) is 0 Å². The summed E-state index contributed by atoms with van der Waals surface area (Å²) in [5, 5.41) is 5.28. The molecule has 1 heterocycles. The Bertz CT molecular complexity index is 1160. The lowest BCUT2D eigenvalue weighted by atomic mass is 10.2. The van der Waals surface area contributed by atoms with E-state index in [4.69, 9.17) is 9.47 Å². The van der Waals surface area contributed by atoms with E-state index in [-0.39, 0.29) is 41.7 Å². The van der Waals surface area contributed by atoms with Crippen molar-refractivity contribution in [2.24, 2.45) is 0 Å². The van der Waals surface area contributed by atoms with E-state index in [1.807, 2.05) is 0 Å². The van der Waals surface area contributed by atoms with Crippen molar-refractivity contribution in [3.05, 3.63) is 48.3 Å². The first-order valence-electron chi connectivity index (χ1n) is 10.7. The van der Waals surface area contributed by atoms with E-state index >= 15 is 0 Å². The van der Waals surface area contributed by atoms with Gasteiger partial charge in [0.2, 0.25) is 5.91 Å². The second kappa shape index (κ2) is 9.88. The summed E-state index contributed by atoms with van der Waals surface area (Å²) in [6.07, 6.45) is -1.08. The largest absolute Gasteiger partial charge is 0.484 e. The van der Waals surface area contributed by atoms with Crippen LogP contribution in [-0.4, -0.2) is 45.2 Å². The Morgan fingerprint density at radius 3 is 2.47 bits per heavy atom. The smallest absolute Gasteiger partial charge is 0.412 e. The van der Waals surface area contributed by atoms with Gasteiger partial charge in [0.1, 0.15) is 23.3 Å². The van der Waals surface area contributed by atoms with Gasteiger partial charge in [-0.3, -0.25) is 14.4 Å². The van der Waals surface area contributed by atoms with Crippen LogP contribution in [0.5, 0.6) is 5.75 Å². The normalized spacial score (nSPS) is 15.7. The van der Waals surface area contributed by atoms with Crippen LogP contribution in [0.1, 0.15) is 34.1 Å². The minimum absolute atomic E-state index is 0.0967. The number of nitrogens with zero attached hydrogens (tertiary/aromatic N) is 1. The predicted molar refractivity (Wildman–Crippen MR) is 125 cm³/mol. The SMILES string of the molecule is CCC(=O)NCC1CN(S(=O)(=O)c2ccc(F)cc2)c2cc(NC(=O)OC(C)(C)C)ccc2O1. The maximum atomic E-state index is 13.5. The van der Waals surface area contributed by atoms with Gasteiger partial charge in [-0.05, 0) is 63.2 Å². The first-order valence-corrected chi connectivity index (χ1v) is 12.2. The molecule has 2 aromatic carbocycles. The fourth-order valence-corrected chi connectivity index (χ4v) is 4.73. The van der Waals surface area contributed by atoms with E-state index in [9.17, 15) is 22.4 Å². The molecule has 11 heteroatoms. The Morgan fingerprint density at radius 2 is 1.85 bits per heavy atom. The summed E-state index contributed by atoms with van der Waals surface area (Å²) < 4.78 is 52.6. The summed E-state index contributed by atoms with van der Waals surface area (Å²) in [5.74, 6) is -0.507. The zero-order valence-corrected chi connectivity index (χ0v) is 20.2. The number of carbonyl (C=O) groups is 2. The number of rotatable bonds is 6. The molecule has 2 N–H and O–H groups in total. The second-order valence-corrected chi connectivity index (χ2v) is 10.6. The van der Waals surface area contributed by atoms with Crippen LogP contribution < -0.4 is 19.7 Å². The molecule has 0 bridgehead atoms. The van der Waals surface area contributed by atoms with Crippen molar-refractivity contribution in [3.8, 4) is 5.75 Å². The van der Waals surface area contributed by atoms with Crippen LogP contribution in [0.15, 0.2) is 47.4 Å². The van der Waals surface area contributed by atoms with Crippen molar-refractivity contribution in [2.75, 3.05) is 22.7 Å². The monoisotopic (exact) mass is 493 g/mol. The van der Waals surface area contributed by atoms with E-state index in [0.29, 0.717) is 5.69 Å². The molecule has 3 rings (SSSR count). The number of carbonyl (C=O) groups excluding carboxylic acids is 2. The number of hydrogen-bond acceptors (Lipinski definition) is 6. The first-order chi connectivity index (χ1) is 15.9. The molecule has 0 saturated heterocycles. The molecule has 1 aliphatic heterocycles. The van der Waals surface area contributed by atoms with Crippen molar-refractivity contribution in [1.29, 1.82) is 0 Å². The van der Waals surface area contributed by atoms with Crippen molar-refractivity contribution in [3.63, 3.8) is 0 Å². The van der Waals surface area contributed by atoms with E-state index in [1.165, 1.54) is 24.3 Å². The quantitative estimate of drug-likeness (QED) is 0.635. The van der Waals surface area contributed by atoms with Crippen LogP contribution in [0.3, 0.4) is 0 Å². The van der Waals surface area contributed by atoms with Gasteiger partial charge >= 0.3 is 6.09 Å². The number of amides is 2.